The number of fused-ring (bicyclic) bond motifs is 1. The topological polar surface area (TPSA) is 131 Å². The number of hydrogen-bond donors (Lipinski definition) is 1. The summed E-state index contributed by atoms with van der Waals surface area (Å²) in [4.78, 5) is 46.6. The molecule has 0 radical (unpaired) electrons. The molecule has 4 rings (SSSR count). The number of rotatable bonds is 10. The summed E-state index contributed by atoms with van der Waals surface area (Å²) in [5.74, 6) is 1.61. The van der Waals surface area contributed by atoms with E-state index in [0.29, 0.717) is 41.5 Å². The van der Waals surface area contributed by atoms with Crippen LogP contribution in [0.3, 0.4) is 0 Å². The Morgan fingerprint density at radius 2 is 1.63 bits per heavy atom. The molecule has 1 N–H and O–H groups in total. The lowest BCUT2D eigenvalue weighted by atomic mass is 10.1. The van der Waals surface area contributed by atoms with Crippen molar-refractivity contribution in [2.24, 2.45) is 9.98 Å². The number of imide groups is 1. The van der Waals surface area contributed by atoms with Crippen LogP contribution in [0.25, 0.3) is 0 Å². The molecule has 0 bridgehead atoms. The summed E-state index contributed by atoms with van der Waals surface area (Å²) in [6, 6.07) is 10.1. The molecule has 0 unspecified atom stereocenters. The molecule has 0 aliphatic carbocycles. The number of benzene rings is 2. The SMILES string of the molecule is COc1ccc(CCNC(=O)COc2ccc(C3=NC4=[N+](C)C(=O)N(C)C(=O)C4=N3)cc2OC)cc1OC. The summed E-state index contributed by atoms with van der Waals surface area (Å²) in [6.07, 6.45) is 0.604. The van der Waals surface area contributed by atoms with E-state index in [0.717, 1.165) is 10.5 Å². The number of nitrogens with one attached hydrogen (secondary N) is 1. The van der Waals surface area contributed by atoms with Crippen LogP contribution in [0.1, 0.15) is 11.1 Å². The third-order valence-corrected chi connectivity index (χ3v) is 6.00. The van der Waals surface area contributed by atoms with Gasteiger partial charge in [-0.15, -0.1) is 0 Å². The van der Waals surface area contributed by atoms with Gasteiger partial charge in [-0.25, -0.2) is 9.59 Å². The second-order valence-electron chi connectivity index (χ2n) is 8.37. The zero-order valence-electron chi connectivity index (χ0n) is 21.7. The molecule has 2 aliphatic heterocycles. The third kappa shape index (κ3) is 5.19. The standard InChI is InChI=1S/C26H27N5O7/c1-30-24-22(25(33)31(2)26(30)34)28-23(29-24)16-7-9-18(20(13-16)37-5)38-14-21(32)27-11-10-15-6-8-17(35-3)19(12-15)36-4/h6-9,12-13H,10-11,14H2,1-5H3/p+1. The van der Waals surface area contributed by atoms with Gasteiger partial charge in [0.15, 0.2) is 29.6 Å². The zero-order valence-corrected chi connectivity index (χ0v) is 21.7. The van der Waals surface area contributed by atoms with Crippen molar-refractivity contribution in [2.45, 2.75) is 6.42 Å². The Kier molecular flexibility index (Phi) is 7.70. The number of ether oxygens (including phenoxy) is 4. The van der Waals surface area contributed by atoms with Crippen molar-refractivity contribution in [3.63, 3.8) is 0 Å². The molecule has 12 nitrogen and oxygen atoms in total. The second-order valence-corrected chi connectivity index (χ2v) is 8.37. The van der Waals surface area contributed by atoms with Crippen LogP contribution < -0.4 is 24.3 Å². The fourth-order valence-electron chi connectivity index (χ4n) is 3.90. The van der Waals surface area contributed by atoms with E-state index in [1.807, 2.05) is 18.2 Å². The van der Waals surface area contributed by atoms with E-state index in [1.165, 1.54) is 25.8 Å². The predicted molar refractivity (Wildman–Crippen MR) is 138 cm³/mol. The number of carbonyl (C=O) groups is 3. The van der Waals surface area contributed by atoms with Gasteiger partial charge < -0.3 is 24.3 Å². The molecule has 198 valence electrons. The lowest BCUT2D eigenvalue weighted by Gasteiger charge is -2.15. The van der Waals surface area contributed by atoms with E-state index in [-0.39, 0.29) is 29.9 Å². The van der Waals surface area contributed by atoms with E-state index in [4.69, 9.17) is 18.9 Å². The lowest BCUT2D eigenvalue weighted by molar-refractivity contribution is -0.401. The Morgan fingerprint density at radius 1 is 0.947 bits per heavy atom. The average molecular weight is 523 g/mol. The van der Waals surface area contributed by atoms with Crippen LogP contribution in [0, 0.1) is 0 Å². The molecule has 2 heterocycles. The quantitative estimate of drug-likeness (QED) is 0.465. The monoisotopic (exact) mass is 522 g/mol. The van der Waals surface area contributed by atoms with Crippen molar-refractivity contribution in [3.8, 4) is 23.0 Å². The van der Waals surface area contributed by atoms with Crippen molar-refractivity contribution in [1.29, 1.82) is 0 Å². The van der Waals surface area contributed by atoms with Crippen LogP contribution >= 0.6 is 0 Å². The first kappa shape index (κ1) is 26.3. The second kappa shape index (κ2) is 11.1. The Bertz CT molecular complexity index is 1400. The molecule has 0 atom stereocenters. The van der Waals surface area contributed by atoms with Crippen LogP contribution in [0.2, 0.25) is 0 Å². The highest BCUT2D eigenvalue weighted by atomic mass is 16.5. The van der Waals surface area contributed by atoms with Crippen LogP contribution in [0.15, 0.2) is 46.4 Å². The summed E-state index contributed by atoms with van der Waals surface area (Å²) < 4.78 is 22.9. The summed E-state index contributed by atoms with van der Waals surface area (Å²) in [7, 11) is 7.53. The lowest BCUT2D eigenvalue weighted by Crippen LogP contribution is -2.51. The summed E-state index contributed by atoms with van der Waals surface area (Å²) in [6.45, 7) is 0.203. The van der Waals surface area contributed by atoms with Gasteiger partial charge in [-0.05, 0) is 42.3 Å². The first-order valence-corrected chi connectivity index (χ1v) is 11.7. The van der Waals surface area contributed by atoms with Crippen LogP contribution in [-0.2, 0) is 16.0 Å². The molecule has 0 saturated carbocycles. The Labute approximate surface area is 219 Å². The smallest absolute Gasteiger partial charge is 0.446 e. The van der Waals surface area contributed by atoms with Gasteiger partial charge in [-0.1, -0.05) is 11.1 Å². The highest BCUT2D eigenvalue weighted by Crippen LogP contribution is 2.30. The van der Waals surface area contributed by atoms with E-state index >= 15 is 0 Å². The Morgan fingerprint density at radius 3 is 2.34 bits per heavy atom. The maximum absolute atomic E-state index is 12.4. The number of amidine groups is 2. The molecule has 0 fully saturated rings. The fourth-order valence-corrected chi connectivity index (χ4v) is 3.90. The number of methoxy groups -OCH3 is 3. The molecule has 38 heavy (non-hydrogen) atoms. The Hall–Kier alpha value is -4.74. The van der Waals surface area contributed by atoms with Crippen molar-refractivity contribution >= 4 is 35.2 Å². The highest BCUT2D eigenvalue weighted by molar-refractivity contribution is 6.70. The summed E-state index contributed by atoms with van der Waals surface area (Å²) >= 11 is 0. The van der Waals surface area contributed by atoms with Crippen LogP contribution in [0.5, 0.6) is 23.0 Å². The molecular formula is C26H28N5O7+. The van der Waals surface area contributed by atoms with Crippen molar-refractivity contribution in [3.05, 3.63) is 47.5 Å². The number of carbonyl (C=O) groups excluding carboxylic acids is 3. The molecule has 0 spiro atoms. The average Bonchev–Trinajstić information content (AvgIpc) is 3.39. The van der Waals surface area contributed by atoms with Crippen molar-refractivity contribution in [1.82, 2.24) is 10.2 Å². The van der Waals surface area contributed by atoms with Gasteiger partial charge in [-0.2, -0.15) is 14.5 Å². The van der Waals surface area contributed by atoms with Gasteiger partial charge in [0, 0.05) is 12.1 Å². The van der Waals surface area contributed by atoms with E-state index in [9.17, 15) is 14.4 Å². The number of nitrogens with zero attached hydrogens (tertiary/aromatic N) is 4. The molecule has 0 aromatic heterocycles. The van der Waals surface area contributed by atoms with Crippen molar-refractivity contribution in [2.75, 3.05) is 48.6 Å². The maximum atomic E-state index is 12.4. The van der Waals surface area contributed by atoms with Gasteiger partial charge >= 0.3 is 17.8 Å². The van der Waals surface area contributed by atoms with Gasteiger partial charge in [0.1, 0.15) is 0 Å². The minimum absolute atomic E-state index is 0.0913. The number of amides is 4. The zero-order chi connectivity index (χ0) is 27.4. The summed E-state index contributed by atoms with van der Waals surface area (Å²) in [5.41, 5.74) is 1.63. The van der Waals surface area contributed by atoms with Gasteiger partial charge in [0.25, 0.3) is 5.91 Å². The molecule has 12 heteroatoms. The minimum Gasteiger partial charge on any atom is -0.493 e. The van der Waals surface area contributed by atoms with Crippen molar-refractivity contribution < 1.29 is 37.9 Å². The third-order valence-electron chi connectivity index (χ3n) is 6.00. The molecule has 0 saturated heterocycles. The van der Waals surface area contributed by atoms with Crippen LogP contribution in [0.4, 0.5) is 4.79 Å². The van der Waals surface area contributed by atoms with Crippen LogP contribution in [-0.4, -0.2) is 93.3 Å². The number of urea groups is 1. The van der Waals surface area contributed by atoms with Gasteiger partial charge in [-0.3, -0.25) is 4.79 Å². The predicted octanol–water partition coefficient (Wildman–Crippen LogP) is 1.28. The fraction of sp³-hybridized carbons (Fsp3) is 0.308. The minimum atomic E-state index is -0.522. The Balaban J connectivity index is 1.37. The molecule has 2 aromatic carbocycles. The molecule has 2 aromatic rings. The van der Waals surface area contributed by atoms with E-state index in [1.54, 1.807) is 32.4 Å². The first-order chi connectivity index (χ1) is 18.3. The molecule has 4 amide bonds. The molecule has 2 aliphatic rings. The van der Waals surface area contributed by atoms with Gasteiger partial charge in [0.2, 0.25) is 11.5 Å². The van der Waals surface area contributed by atoms with E-state index < -0.39 is 11.9 Å². The largest absolute Gasteiger partial charge is 0.493 e. The first-order valence-electron chi connectivity index (χ1n) is 11.7. The van der Waals surface area contributed by atoms with E-state index in [2.05, 4.69) is 15.3 Å². The number of hydrogen-bond acceptors (Lipinski definition) is 9. The normalized spacial score (nSPS) is 14.6. The molecular weight excluding hydrogens is 494 g/mol. The summed E-state index contributed by atoms with van der Waals surface area (Å²) in [5, 5.41) is 2.82. The maximum Gasteiger partial charge on any atom is 0.446 e. The number of aliphatic imine (C=N–C) groups is 2. The highest BCUT2D eigenvalue weighted by Gasteiger charge is 2.44. The van der Waals surface area contributed by atoms with Gasteiger partial charge in [0.05, 0.1) is 35.4 Å².